The van der Waals surface area contributed by atoms with Crippen LogP contribution in [0.4, 0.5) is 0 Å². The van der Waals surface area contributed by atoms with Gasteiger partial charge in [-0.3, -0.25) is 14.2 Å². The summed E-state index contributed by atoms with van der Waals surface area (Å²) in [7, 11) is 0. The molecule has 0 aromatic carbocycles. The average Bonchev–Trinajstić information content (AvgIpc) is 2.23. The topological polar surface area (TPSA) is 78.3 Å². The van der Waals surface area contributed by atoms with Crippen LogP contribution in [0.25, 0.3) is 0 Å². The van der Waals surface area contributed by atoms with Crippen LogP contribution in [0.5, 0.6) is 0 Å². The van der Waals surface area contributed by atoms with Crippen LogP contribution < -0.4 is 5.69 Å². The lowest BCUT2D eigenvalue weighted by molar-refractivity contribution is -0.145. The van der Waals surface area contributed by atoms with E-state index in [0.29, 0.717) is 11.4 Å². The molecule has 0 spiro atoms. The third kappa shape index (κ3) is 3.80. The number of Topliss-reactive ketones (excluding diaryl/α,β-unsaturated/α-hetero) is 1. The first-order chi connectivity index (χ1) is 8.43. The summed E-state index contributed by atoms with van der Waals surface area (Å²) in [5.41, 5.74) is 0.765. The fraction of sp³-hybridized carbons (Fsp3) is 0.500. The number of esters is 1. The third-order valence-electron chi connectivity index (χ3n) is 2.33. The van der Waals surface area contributed by atoms with Gasteiger partial charge in [-0.05, 0) is 26.8 Å². The van der Waals surface area contributed by atoms with E-state index in [1.54, 1.807) is 26.8 Å². The van der Waals surface area contributed by atoms with Gasteiger partial charge < -0.3 is 4.74 Å². The van der Waals surface area contributed by atoms with Crippen molar-refractivity contribution in [2.24, 2.45) is 0 Å². The monoisotopic (exact) mass is 252 g/mol. The van der Waals surface area contributed by atoms with Crippen molar-refractivity contribution in [3.63, 3.8) is 0 Å². The summed E-state index contributed by atoms with van der Waals surface area (Å²) >= 11 is 0. The molecule has 0 N–H and O–H groups in total. The molecule has 0 amide bonds. The minimum Gasteiger partial charge on any atom is -0.466 e. The standard InChI is InChI=1S/C12H16N2O4/c1-4-18-11(16)6-10(15)7-14-9(3)5-8(2)13-12(14)17/h5H,4,6-7H2,1-3H3. The third-order valence-corrected chi connectivity index (χ3v) is 2.33. The Labute approximate surface area is 105 Å². The Kier molecular flexibility index (Phi) is 4.76. The molecule has 18 heavy (non-hydrogen) atoms. The first kappa shape index (κ1) is 14.1. The van der Waals surface area contributed by atoms with E-state index in [1.807, 2.05) is 0 Å². The molecule has 0 aliphatic rings. The van der Waals surface area contributed by atoms with Crippen LogP contribution >= 0.6 is 0 Å². The van der Waals surface area contributed by atoms with Gasteiger partial charge >= 0.3 is 11.7 Å². The molecule has 1 heterocycles. The molecule has 0 fully saturated rings. The second-order valence-corrected chi connectivity index (χ2v) is 3.93. The number of aryl methyl sites for hydroxylation is 2. The van der Waals surface area contributed by atoms with Gasteiger partial charge in [-0.15, -0.1) is 0 Å². The second-order valence-electron chi connectivity index (χ2n) is 3.93. The predicted octanol–water partition coefficient (Wildman–Crippen LogP) is 0.382. The Morgan fingerprint density at radius 1 is 1.39 bits per heavy atom. The smallest absolute Gasteiger partial charge is 0.348 e. The summed E-state index contributed by atoms with van der Waals surface area (Å²) in [6.45, 7) is 5.17. The highest BCUT2D eigenvalue weighted by molar-refractivity contribution is 5.95. The van der Waals surface area contributed by atoms with Gasteiger partial charge in [-0.2, -0.15) is 4.98 Å². The largest absolute Gasteiger partial charge is 0.466 e. The fourth-order valence-corrected chi connectivity index (χ4v) is 1.57. The number of hydrogen-bond donors (Lipinski definition) is 0. The van der Waals surface area contributed by atoms with Crippen LogP contribution in [-0.2, 0) is 20.9 Å². The predicted molar refractivity (Wildman–Crippen MR) is 64.2 cm³/mol. The number of ketones is 1. The first-order valence-corrected chi connectivity index (χ1v) is 5.66. The van der Waals surface area contributed by atoms with Crippen molar-refractivity contribution in [2.45, 2.75) is 33.7 Å². The van der Waals surface area contributed by atoms with Crippen LogP contribution in [-0.4, -0.2) is 27.9 Å². The first-order valence-electron chi connectivity index (χ1n) is 5.66. The highest BCUT2D eigenvalue weighted by Crippen LogP contribution is 1.99. The lowest BCUT2D eigenvalue weighted by Crippen LogP contribution is -2.29. The van der Waals surface area contributed by atoms with Crippen LogP contribution in [0, 0.1) is 13.8 Å². The number of hydrogen-bond acceptors (Lipinski definition) is 5. The summed E-state index contributed by atoms with van der Waals surface area (Å²) < 4.78 is 5.91. The van der Waals surface area contributed by atoms with Gasteiger partial charge in [0.2, 0.25) is 0 Å². The molecule has 0 saturated heterocycles. The molecular formula is C12H16N2O4. The number of carbonyl (C=O) groups excluding carboxylic acids is 2. The van der Waals surface area contributed by atoms with Crippen molar-refractivity contribution in [2.75, 3.05) is 6.61 Å². The van der Waals surface area contributed by atoms with Gasteiger partial charge in [0.15, 0.2) is 5.78 Å². The second kappa shape index (κ2) is 6.09. The van der Waals surface area contributed by atoms with Crippen LogP contribution in [0.15, 0.2) is 10.9 Å². The van der Waals surface area contributed by atoms with E-state index in [-0.39, 0.29) is 25.4 Å². The van der Waals surface area contributed by atoms with Crippen molar-refractivity contribution < 1.29 is 14.3 Å². The minimum atomic E-state index is -0.576. The van der Waals surface area contributed by atoms with Crippen LogP contribution in [0.1, 0.15) is 24.7 Å². The van der Waals surface area contributed by atoms with E-state index in [4.69, 9.17) is 0 Å². The Morgan fingerprint density at radius 2 is 2.06 bits per heavy atom. The lowest BCUT2D eigenvalue weighted by atomic mass is 10.2. The molecule has 0 aliphatic heterocycles. The van der Waals surface area contributed by atoms with Crippen molar-refractivity contribution in [3.8, 4) is 0 Å². The summed E-state index contributed by atoms with van der Waals surface area (Å²) in [5.74, 6) is -0.947. The van der Waals surface area contributed by atoms with Crippen molar-refractivity contribution in [1.29, 1.82) is 0 Å². The number of aromatic nitrogens is 2. The summed E-state index contributed by atoms with van der Waals surface area (Å²) in [6, 6.07) is 1.71. The normalized spacial score (nSPS) is 10.2. The molecule has 1 rings (SSSR count). The zero-order valence-corrected chi connectivity index (χ0v) is 10.7. The molecule has 98 valence electrons. The van der Waals surface area contributed by atoms with E-state index in [9.17, 15) is 14.4 Å². The van der Waals surface area contributed by atoms with E-state index >= 15 is 0 Å². The summed E-state index contributed by atoms with van der Waals surface area (Å²) in [6.07, 6.45) is -0.326. The number of carbonyl (C=O) groups is 2. The Hall–Kier alpha value is -1.98. The lowest BCUT2D eigenvalue weighted by Gasteiger charge is -2.08. The van der Waals surface area contributed by atoms with Crippen molar-refractivity contribution >= 4 is 11.8 Å². The maximum Gasteiger partial charge on any atom is 0.348 e. The molecule has 0 unspecified atom stereocenters. The Balaban J connectivity index is 2.77. The molecular weight excluding hydrogens is 236 g/mol. The molecule has 0 radical (unpaired) electrons. The highest BCUT2D eigenvalue weighted by atomic mass is 16.5. The SMILES string of the molecule is CCOC(=O)CC(=O)Cn1c(C)cc(C)nc1=O. The molecule has 1 aromatic rings. The van der Waals surface area contributed by atoms with Gasteiger partial charge in [-0.25, -0.2) is 4.79 Å². The Morgan fingerprint density at radius 3 is 2.61 bits per heavy atom. The highest BCUT2D eigenvalue weighted by Gasteiger charge is 2.13. The van der Waals surface area contributed by atoms with Crippen molar-refractivity contribution in [3.05, 3.63) is 27.9 Å². The van der Waals surface area contributed by atoms with Crippen molar-refractivity contribution in [1.82, 2.24) is 9.55 Å². The van der Waals surface area contributed by atoms with Crippen LogP contribution in [0.3, 0.4) is 0 Å². The van der Waals surface area contributed by atoms with E-state index in [1.165, 1.54) is 4.57 Å². The number of rotatable bonds is 5. The van der Waals surface area contributed by atoms with Gasteiger partial charge in [0, 0.05) is 11.4 Å². The fourth-order valence-electron chi connectivity index (χ4n) is 1.57. The zero-order valence-electron chi connectivity index (χ0n) is 10.7. The minimum absolute atomic E-state index is 0.156. The molecule has 6 heteroatoms. The van der Waals surface area contributed by atoms with E-state index < -0.39 is 11.7 Å². The molecule has 0 aliphatic carbocycles. The quantitative estimate of drug-likeness (QED) is 0.559. The summed E-state index contributed by atoms with van der Waals surface area (Å²) in [4.78, 5) is 38.1. The maximum atomic E-state index is 11.6. The van der Waals surface area contributed by atoms with Gasteiger partial charge in [0.25, 0.3) is 0 Å². The summed E-state index contributed by atoms with van der Waals surface area (Å²) in [5, 5.41) is 0. The molecule has 0 bridgehead atoms. The van der Waals surface area contributed by atoms with Gasteiger partial charge in [0.1, 0.15) is 6.42 Å². The van der Waals surface area contributed by atoms with Gasteiger partial charge in [-0.1, -0.05) is 0 Å². The molecule has 6 nitrogen and oxygen atoms in total. The van der Waals surface area contributed by atoms with Crippen LogP contribution in [0.2, 0.25) is 0 Å². The van der Waals surface area contributed by atoms with E-state index in [0.717, 1.165) is 0 Å². The Bertz CT molecular complexity index is 519. The number of nitrogens with zero attached hydrogens (tertiary/aromatic N) is 2. The van der Waals surface area contributed by atoms with Gasteiger partial charge in [0.05, 0.1) is 13.2 Å². The average molecular weight is 252 g/mol. The molecule has 0 saturated carbocycles. The van der Waals surface area contributed by atoms with E-state index in [2.05, 4.69) is 9.72 Å². The molecule has 0 atom stereocenters. The number of ether oxygens (including phenoxy) is 1. The molecule has 1 aromatic heterocycles. The maximum absolute atomic E-state index is 11.6. The zero-order chi connectivity index (χ0) is 13.7.